The number of aromatic nitrogens is 1. The van der Waals surface area contributed by atoms with E-state index in [0.717, 1.165) is 27.5 Å². The maximum Gasteiger partial charge on any atom is 0.305 e. The lowest BCUT2D eigenvalue weighted by Crippen LogP contribution is -2.42. The van der Waals surface area contributed by atoms with Gasteiger partial charge in [0.15, 0.2) is 11.5 Å². The van der Waals surface area contributed by atoms with E-state index in [2.05, 4.69) is 4.98 Å². The molecule has 3 aromatic rings. The number of carbonyl (C=O) groups excluding carboxylic acids is 2. The van der Waals surface area contributed by atoms with Crippen molar-refractivity contribution in [2.24, 2.45) is 29.6 Å². The summed E-state index contributed by atoms with van der Waals surface area (Å²) < 4.78 is 11.1. The average molecular weight is 535 g/mol. The van der Waals surface area contributed by atoms with Gasteiger partial charge in [-0.3, -0.25) is 19.3 Å². The lowest BCUT2D eigenvalue weighted by molar-refractivity contribution is -0.123. The van der Waals surface area contributed by atoms with Crippen molar-refractivity contribution in [3.63, 3.8) is 0 Å². The molecule has 190 valence electrons. The Balaban J connectivity index is 1.32. The molecule has 2 aliphatic heterocycles. The molecule has 3 heterocycles. The number of nitrogens with zero attached hydrogens (tertiary/aromatic N) is 1. The van der Waals surface area contributed by atoms with Crippen molar-refractivity contribution >= 4 is 40.6 Å². The minimum Gasteiger partial charge on any atom is -0.493 e. The summed E-state index contributed by atoms with van der Waals surface area (Å²) in [4.78, 5) is 45.4. The van der Waals surface area contributed by atoms with Gasteiger partial charge in [-0.25, -0.2) is 0 Å². The number of H-pyrrole nitrogens is 1. The number of fused-ring (bicyclic) bond motifs is 9. The third-order valence-electron chi connectivity index (χ3n) is 8.78. The van der Waals surface area contributed by atoms with E-state index < -0.39 is 0 Å². The average Bonchev–Trinajstić information content (AvgIpc) is 3.63. The zero-order valence-electron chi connectivity index (χ0n) is 20.6. The molecule has 2 bridgehead atoms. The molecule has 1 aromatic heterocycles. The molecule has 2 aliphatic carbocycles. The van der Waals surface area contributed by atoms with Crippen LogP contribution in [0.3, 0.4) is 0 Å². The third-order valence-corrected chi connectivity index (χ3v) is 11.4. The Morgan fingerprint density at radius 3 is 2.32 bits per heavy atom. The topological polar surface area (TPSA) is 88.7 Å². The van der Waals surface area contributed by atoms with Crippen LogP contribution in [0.5, 0.6) is 11.5 Å². The molecule has 0 unspecified atom stereocenters. The Kier molecular flexibility index (Phi) is 5.14. The van der Waals surface area contributed by atoms with E-state index in [9.17, 15) is 14.4 Å². The number of benzene rings is 2. The SMILES string of the molecule is COc1ccc([C@@H]2c3sc(=O)[nH]c3S[C@@H]3[C@@H]4C[C@@H]([C@@H]5C(=O)N(c6ccc(C)cc6)C(=O)[C@@H]45)[C@@H]23)cc1OC. The first-order chi connectivity index (χ1) is 17.9. The van der Waals surface area contributed by atoms with E-state index in [0.29, 0.717) is 17.2 Å². The summed E-state index contributed by atoms with van der Waals surface area (Å²) in [6.07, 6.45) is 0.861. The van der Waals surface area contributed by atoms with E-state index >= 15 is 0 Å². The second-order valence-electron chi connectivity index (χ2n) is 10.4. The normalized spacial score (nSPS) is 31.3. The minimum absolute atomic E-state index is 0.0581. The molecule has 7 rings (SSSR count). The molecule has 37 heavy (non-hydrogen) atoms. The van der Waals surface area contributed by atoms with Gasteiger partial charge in [-0.15, -0.1) is 11.8 Å². The van der Waals surface area contributed by atoms with Gasteiger partial charge in [-0.1, -0.05) is 35.1 Å². The number of imide groups is 1. The van der Waals surface area contributed by atoms with E-state index in [-0.39, 0.29) is 57.4 Å². The molecule has 2 aromatic carbocycles. The monoisotopic (exact) mass is 534 g/mol. The first-order valence-corrected chi connectivity index (χ1v) is 14.2. The van der Waals surface area contributed by atoms with Crippen LogP contribution in [0.1, 0.15) is 28.3 Å². The highest BCUT2D eigenvalue weighted by molar-refractivity contribution is 8.00. The fraction of sp³-hybridized carbons (Fsp3) is 0.393. The highest BCUT2D eigenvalue weighted by Gasteiger charge is 2.69. The molecule has 7 atom stereocenters. The zero-order chi connectivity index (χ0) is 25.6. The predicted octanol–water partition coefficient (Wildman–Crippen LogP) is 4.44. The van der Waals surface area contributed by atoms with Gasteiger partial charge >= 0.3 is 4.87 Å². The minimum atomic E-state index is -0.319. The van der Waals surface area contributed by atoms with Crippen LogP contribution < -0.4 is 19.2 Å². The summed E-state index contributed by atoms with van der Waals surface area (Å²) in [6, 6.07) is 13.5. The summed E-state index contributed by atoms with van der Waals surface area (Å²) in [7, 11) is 3.23. The van der Waals surface area contributed by atoms with Crippen LogP contribution in [-0.4, -0.2) is 36.3 Å². The Hall–Kier alpha value is -3.04. The number of ether oxygens (including phenoxy) is 2. The largest absolute Gasteiger partial charge is 0.493 e. The van der Waals surface area contributed by atoms with Crippen molar-refractivity contribution in [3.8, 4) is 11.5 Å². The highest BCUT2D eigenvalue weighted by Crippen LogP contribution is 2.68. The van der Waals surface area contributed by atoms with E-state index in [4.69, 9.17) is 9.47 Å². The van der Waals surface area contributed by atoms with Crippen molar-refractivity contribution in [2.45, 2.75) is 29.5 Å². The number of thiazole rings is 1. The molecule has 0 spiro atoms. The number of rotatable bonds is 4. The van der Waals surface area contributed by atoms with Crippen molar-refractivity contribution in [1.82, 2.24) is 4.98 Å². The van der Waals surface area contributed by atoms with Gasteiger partial charge in [0.1, 0.15) is 0 Å². The number of carbonyl (C=O) groups is 2. The molecule has 9 heteroatoms. The zero-order valence-corrected chi connectivity index (χ0v) is 22.2. The van der Waals surface area contributed by atoms with E-state index in [1.54, 1.807) is 26.0 Å². The highest BCUT2D eigenvalue weighted by atomic mass is 32.2. The molecule has 1 N–H and O–H groups in total. The summed E-state index contributed by atoms with van der Waals surface area (Å²) in [5.41, 5.74) is 2.79. The smallest absolute Gasteiger partial charge is 0.305 e. The van der Waals surface area contributed by atoms with Gasteiger partial charge in [-0.2, -0.15) is 0 Å². The third kappa shape index (κ3) is 3.16. The van der Waals surface area contributed by atoms with E-state index in [1.165, 1.54) is 16.2 Å². The first-order valence-electron chi connectivity index (χ1n) is 12.5. The molecule has 0 radical (unpaired) electrons. The van der Waals surface area contributed by atoms with Gasteiger partial charge in [0, 0.05) is 16.0 Å². The maximum absolute atomic E-state index is 13.8. The van der Waals surface area contributed by atoms with Crippen LogP contribution in [0.15, 0.2) is 52.3 Å². The number of nitrogens with one attached hydrogen (secondary N) is 1. The number of aromatic amines is 1. The number of anilines is 1. The molecule has 3 fully saturated rings. The molecule has 7 nitrogen and oxygen atoms in total. The maximum atomic E-state index is 13.8. The fourth-order valence-electron chi connectivity index (χ4n) is 7.38. The second kappa shape index (κ2) is 8.23. The lowest BCUT2D eigenvalue weighted by Gasteiger charge is -2.43. The van der Waals surface area contributed by atoms with E-state index in [1.807, 2.05) is 49.4 Å². The Morgan fingerprint density at radius 1 is 0.919 bits per heavy atom. The van der Waals surface area contributed by atoms with Gasteiger partial charge in [-0.05, 0) is 60.9 Å². The quantitative estimate of drug-likeness (QED) is 0.498. The molecule has 2 amide bonds. The number of methoxy groups -OCH3 is 2. The van der Waals surface area contributed by atoms with Crippen LogP contribution in [-0.2, 0) is 9.59 Å². The number of hydrogen-bond donors (Lipinski definition) is 1. The number of hydrogen-bond acceptors (Lipinski definition) is 7. The van der Waals surface area contributed by atoms with Crippen molar-refractivity contribution in [2.75, 3.05) is 19.1 Å². The van der Waals surface area contributed by atoms with Gasteiger partial charge in [0.25, 0.3) is 0 Å². The van der Waals surface area contributed by atoms with Crippen LogP contribution in [0.2, 0.25) is 0 Å². The van der Waals surface area contributed by atoms with Crippen molar-refractivity contribution in [1.29, 1.82) is 0 Å². The second-order valence-corrected chi connectivity index (χ2v) is 12.6. The molecule has 4 aliphatic rings. The van der Waals surface area contributed by atoms with Gasteiger partial charge < -0.3 is 14.5 Å². The van der Waals surface area contributed by atoms with Crippen LogP contribution >= 0.6 is 23.1 Å². The Bertz CT molecular complexity index is 1490. The standard InChI is InChI=1S/C28H26N2O5S2/c1-12-4-7-14(8-5-12)30-26(31)21-15-11-16(22(21)27(30)32)23-20(15)19(24-25(36-23)29-28(33)37-24)13-6-9-17(34-2)18(10-13)35-3/h4-10,15-16,19-23H,11H2,1-3H3,(H,29,33)/t15-,16-,19+,20+,21+,22+,23-/m1/s1. The summed E-state index contributed by atoms with van der Waals surface area (Å²) in [5, 5.41) is 1.05. The molecule has 1 saturated heterocycles. The molecule has 2 saturated carbocycles. The van der Waals surface area contributed by atoms with Gasteiger partial charge in [0.2, 0.25) is 11.8 Å². The van der Waals surface area contributed by atoms with Crippen LogP contribution in [0, 0.1) is 36.5 Å². The molecular weight excluding hydrogens is 508 g/mol. The molecular formula is C28H26N2O5S2. The van der Waals surface area contributed by atoms with Crippen LogP contribution in [0.4, 0.5) is 5.69 Å². The van der Waals surface area contributed by atoms with Crippen molar-refractivity contribution in [3.05, 3.63) is 68.1 Å². The summed E-state index contributed by atoms with van der Waals surface area (Å²) in [6.45, 7) is 1.99. The number of thioether (sulfide) groups is 1. The van der Waals surface area contributed by atoms with Crippen molar-refractivity contribution < 1.29 is 19.1 Å². The Morgan fingerprint density at radius 2 is 1.62 bits per heavy atom. The van der Waals surface area contributed by atoms with Gasteiger partial charge in [0.05, 0.1) is 36.8 Å². The Labute approximate surface area is 222 Å². The summed E-state index contributed by atoms with van der Waals surface area (Å²) in [5.74, 6) is 0.767. The lowest BCUT2D eigenvalue weighted by atomic mass is 9.68. The van der Waals surface area contributed by atoms with Crippen LogP contribution in [0.25, 0.3) is 0 Å². The summed E-state index contributed by atoms with van der Waals surface area (Å²) >= 11 is 2.95. The predicted molar refractivity (Wildman–Crippen MR) is 142 cm³/mol. The first kappa shape index (κ1) is 23.1. The number of amides is 2. The number of aryl methyl sites for hydroxylation is 1. The fourth-order valence-corrected chi connectivity index (χ4v) is 10.3.